The molecule has 0 saturated carbocycles. The number of rotatable bonds is 9. The van der Waals surface area contributed by atoms with Gasteiger partial charge in [-0.3, -0.25) is 9.10 Å². The van der Waals surface area contributed by atoms with Crippen LogP contribution in [0.5, 0.6) is 5.75 Å². The molecule has 170 valence electrons. The van der Waals surface area contributed by atoms with Crippen LogP contribution in [-0.4, -0.2) is 37.4 Å². The molecule has 0 aliphatic carbocycles. The van der Waals surface area contributed by atoms with Crippen molar-refractivity contribution in [2.45, 2.75) is 18.4 Å². The third-order valence-electron chi connectivity index (χ3n) is 5.00. The first-order valence-electron chi connectivity index (χ1n) is 10.5. The molecule has 0 spiro atoms. The lowest BCUT2D eigenvalue weighted by Crippen LogP contribution is -2.30. The lowest BCUT2D eigenvalue weighted by molar-refractivity contribution is -0.123. The predicted molar refractivity (Wildman–Crippen MR) is 127 cm³/mol. The molecule has 0 saturated heterocycles. The Kier molecular flexibility index (Phi) is 6.60. The van der Waals surface area contributed by atoms with E-state index in [9.17, 15) is 13.2 Å². The molecule has 0 aliphatic rings. The van der Waals surface area contributed by atoms with E-state index in [1.54, 1.807) is 31.2 Å². The molecule has 0 radical (unpaired) electrons. The molecule has 1 amide bonds. The predicted octanol–water partition coefficient (Wildman–Crippen LogP) is 3.47. The number of nitrogens with one attached hydrogen (secondary N) is 2. The maximum absolute atomic E-state index is 13.0. The number of anilines is 1. The Morgan fingerprint density at radius 3 is 2.39 bits per heavy atom. The summed E-state index contributed by atoms with van der Waals surface area (Å²) >= 11 is 0. The first-order valence-corrected chi connectivity index (χ1v) is 11.9. The van der Waals surface area contributed by atoms with Crippen molar-refractivity contribution < 1.29 is 17.9 Å². The average molecular weight is 465 g/mol. The van der Waals surface area contributed by atoms with Gasteiger partial charge >= 0.3 is 0 Å². The van der Waals surface area contributed by atoms with E-state index in [-0.39, 0.29) is 24.0 Å². The minimum Gasteiger partial charge on any atom is -0.484 e. The molecule has 1 aromatic heterocycles. The highest BCUT2D eigenvalue weighted by atomic mass is 32.2. The van der Waals surface area contributed by atoms with E-state index in [0.29, 0.717) is 23.8 Å². The van der Waals surface area contributed by atoms with Crippen LogP contribution in [0.2, 0.25) is 0 Å². The van der Waals surface area contributed by atoms with Gasteiger partial charge in [0.15, 0.2) is 6.61 Å². The van der Waals surface area contributed by atoms with E-state index in [1.807, 2.05) is 30.3 Å². The molecular formula is C24H24N4O4S. The van der Waals surface area contributed by atoms with Gasteiger partial charge in [-0.2, -0.15) is 0 Å². The SMILES string of the molecule is CCN(c1ccccc1)S(=O)(=O)c1ccc(OCC(=O)NCc2nc3ccccc3[nH]2)cc1. The van der Waals surface area contributed by atoms with E-state index < -0.39 is 10.0 Å². The van der Waals surface area contributed by atoms with Crippen LogP contribution in [0.1, 0.15) is 12.7 Å². The summed E-state index contributed by atoms with van der Waals surface area (Å²) in [5.41, 5.74) is 2.34. The third kappa shape index (κ3) is 5.15. The number of hydrogen-bond acceptors (Lipinski definition) is 5. The highest BCUT2D eigenvalue weighted by Crippen LogP contribution is 2.24. The lowest BCUT2D eigenvalue weighted by Gasteiger charge is -2.23. The van der Waals surface area contributed by atoms with E-state index in [0.717, 1.165) is 11.0 Å². The number of hydrogen-bond donors (Lipinski definition) is 2. The average Bonchev–Trinajstić information content (AvgIpc) is 3.26. The van der Waals surface area contributed by atoms with Crippen LogP contribution in [0.25, 0.3) is 11.0 Å². The smallest absolute Gasteiger partial charge is 0.264 e. The molecule has 0 bridgehead atoms. The van der Waals surface area contributed by atoms with E-state index in [1.165, 1.54) is 28.6 Å². The standard InChI is InChI=1S/C24H24N4O4S/c1-2-28(18-8-4-3-5-9-18)33(30,31)20-14-12-19(13-15-20)32-17-24(29)25-16-23-26-21-10-6-7-11-22(21)27-23/h3-15H,2,16-17H2,1H3,(H,25,29)(H,26,27). The Labute approximate surface area is 192 Å². The monoisotopic (exact) mass is 464 g/mol. The van der Waals surface area contributed by atoms with Crippen molar-refractivity contribution in [3.05, 3.63) is 84.7 Å². The first-order chi connectivity index (χ1) is 16.0. The van der Waals surface area contributed by atoms with Crippen molar-refractivity contribution in [1.82, 2.24) is 15.3 Å². The van der Waals surface area contributed by atoms with Crippen molar-refractivity contribution in [3.63, 3.8) is 0 Å². The Morgan fingerprint density at radius 1 is 1.00 bits per heavy atom. The number of aromatic amines is 1. The van der Waals surface area contributed by atoms with Crippen molar-refractivity contribution in [1.29, 1.82) is 0 Å². The van der Waals surface area contributed by atoms with Gasteiger partial charge in [-0.15, -0.1) is 0 Å². The van der Waals surface area contributed by atoms with Crippen molar-refractivity contribution in [2.75, 3.05) is 17.5 Å². The number of H-pyrrole nitrogens is 1. The number of imidazole rings is 1. The van der Waals surface area contributed by atoms with Gasteiger partial charge in [-0.05, 0) is 55.5 Å². The number of aromatic nitrogens is 2. The van der Waals surface area contributed by atoms with Crippen molar-refractivity contribution in [3.8, 4) is 5.75 Å². The summed E-state index contributed by atoms with van der Waals surface area (Å²) in [6, 6.07) is 22.6. The molecule has 0 unspecified atom stereocenters. The number of ether oxygens (including phenoxy) is 1. The fourth-order valence-electron chi connectivity index (χ4n) is 3.39. The molecule has 8 nitrogen and oxygen atoms in total. The molecule has 1 heterocycles. The van der Waals surface area contributed by atoms with Crippen LogP contribution in [0.3, 0.4) is 0 Å². The van der Waals surface area contributed by atoms with Gasteiger partial charge in [-0.25, -0.2) is 13.4 Å². The van der Waals surface area contributed by atoms with Crippen LogP contribution in [-0.2, 0) is 21.4 Å². The Morgan fingerprint density at radius 2 is 1.70 bits per heavy atom. The normalized spacial score (nSPS) is 11.3. The Hall–Kier alpha value is -3.85. The Balaban J connectivity index is 1.33. The van der Waals surface area contributed by atoms with Gasteiger partial charge in [0.05, 0.1) is 28.2 Å². The van der Waals surface area contributed by atoms with E-state index in [2.05, 4.69) is 15.3 Å². The maximum atomic E-state index is 13.0. The highest BCUT2D eigenvalue weighted by molar-refractivity contribution is 7.92. The van der Waals surface area contributed by atoms with Gasteiger partial charge in [0.2, 0.25) is 0 Å². The van der Waals surface area contributed by atoms with Crippen LogP contribution in [0.4, 0.5) is 5.69 Å². The molecule has 33 heavy (non-hydrogen) atoms. The largest absolute Gasteiger partial charge is 0.484 e. The number of amides is 1. The number of carbonyl (C=O) groups is 1. The van der Waals surface area contributed by atoms with Crippen molar-refractivity contribution in [2.24, 2.45) is 0 Å². The molecule has 4 rings (SSSR count). The maximum Gasteiger partial charge on any atom is 0.264 e. The minimum absolute atomic E-state index is 0.148. The van der Waals surface area contributed by atoms with Crippen LogP contribution >= 0.6 is 0 Å². The van der Waals surface area contributed by atoms with Gasteiger partial charge in [-0.1, -0.05) is 30.3 Å². The van der Waals surface area contributed by atoms with Crippen LogP contribution < -0.4 is 14.4 Å². The fourth-order valence-corrected chi connectivity index (χ4v) is 4.87. The van der Waals surface area contributed by atoms with Gasteiger partial charge in [0, 0.05) is 6.54 Å². The summed E-state index contributed by atoms with van der Waals surface area (Å²) < 4.78 is 32.9. The summed E-state index contributed by atoms with van der Waals surface area (Å²) in [5.74, 6) is 0.738. The zero-order valence-corrected chi connectivity index (χ0v) is 18.9. The van der Waals surface area contributed by atoms with E-state index in [4.69, 9.17) is 4.74 Å². The van der Waals surface area contributed by atoms with Gasteiger partial charge < -0.3 is 15.0 Å². The Bertz CT molecular complexity index is 1300. The minimum atomic E-state index is -3.71. The summed E-state index contributed by atoms with van der Waals surface area (Å²) in [6.07, 6.45) is 0. The fraction of sp³-hybridized carbons (Fsp3) is 0.167. The van der Waals surface area contributed by atoms with E-state index >= 15 is 0 Å². The number of fused-ring (bicyclic) bond motifs is 1. The van der Waals surface area contributed by atoms with Crippen LogP contribution in [0, 0.1) is 0 Å². The second kappa shape index (κ2) is 9.74. The highest BCUT2D eigenvalue weighted by Gasteiger charge is 2.23. The molecule has 2 N–H and O–H groups in total. The lowest BCUT2D eigenvalue weighted by atomic mass is 10.3. The molecule has 0 aliphatic heterocycles. The van der Waals surface area contributed by atoms with Gasteiger partial charge in [0.1, 0.15) is 11.6 Å². The van der Waals surface area contributed by atoms with Crippen LogP contribution in [0.15, 0.2) is 83.8 Å². The summed E-state index contributed by atoms with van der Waals surface area (Å²) in [7, 11) is -3.71. The first kappa shape index (κ1) is 22.3. The molecule has 3 aromatic carbocycles. The van der Waals surface area contributed by atoms with Crippen molar-refractivity contribution >= 4 is 32.7 Å². The third-order valence-corrected chi connectivity index (χ3v) is 6.92. The molecule has 9 heteroatoms. The quantitative estimate of drug-likeness (QED) is 0.395. The molecule has 0 atom stereocenters. The second-order valence-electron chi connectivity index (χ2n) is 7.24. The topological polar surface area (TPSA) is 104 Å². The number of benzene rings is 3. The number of nitrogens with zero attached hydrogens (tertiary/aromatic N) is 2. The molecule has 4 aromatic rings. The number of sulfonamides is 1. The summed E-state index contributed by atoms with van der Waals surface area (Å²) in [5, 5.41) is 2.75. The molecular weight excluding hydrogens is 440 g/mol. The zero-order chi connectivity index (χ0) is 23.3. The van der Waals surface area contributed by atoms with Gasteiger partial charge in [0.25, 0.3) is 15.9 Å². The molecule has 0 fully saturated rings. The zero-order valence-electron chi connectivity index (χ0n) is 18.1. The summed E-state index contributed by atoms with van der Waals surface area (Å²) in [4.78, 5) is 19.8. The number of carbonyl (C=O) groups excluding carboxylic acids is 1. The second-order valence-corrected chi connectivity index (χ2v) is 9.11. The number of para-hydroxylation sites is 3. The summed E-state index contributed by atoms with van der Waals surface area (Å²) in [6.45, 7) is 2.14.